The van der Waals surface area contributed by atoms with Crippen molar-refractivity contribution in [1.82, 2.24) is 10.2 Å². The van der Waals surface area contributed by atoms with Crippen molar-refractivity contribution in [3.05, 3.63) is 35.2 Å². The molecule has 0 atom stereocenters. The Bertz CT molecular complexity index is 571. The normalized spacial score (nSPS) is 19.5. The molecule has 0 aliphatic carbocycles. The van der Waals surface area contributed by atoms with Crippen LogP contribution in [0.2, 0.25) is 0 Å². The molecular weight excluding hydrogens is 264 g/mol. The van der Waals surface area contributed by atoms with Gasteiger partial charge >= 0.3 is 0 Å². The summed E-state index contributed by atoms with van der Waals surface area (Å²) < 4.78 is 1.41. The van der Waals surface area contributed by atoms with E-state index in [-0.39, 0.29) is 0 Å². The van der Waals surface area contributed by atoms with Gasteiger partial charge in [-0.15, -0.1) is 11.3 Å². The summed E-state index contributed by atoms with van der Waals surface area (Å²) in [6.45, 7) is 9.15. The summed E-state index contributed by atoms with van der Waals surface area (Å²) in [5.74, 6) is 0. The van der Waals surface area contributed by atoms with Crippen LogP contribution in [0.3, 0.4) is 0 Å². The first kappa shape index (κ1) is 14.1. The van der Waals surface area contributed by atoms with E-state index in [0.717, 1.165) is 19.6 Å². The fourth-order valence-electron chi connectivity index (χ4n) is 3.30. The van der Waals surface area contributed by atoms with Crippen LogP contribution in [0, 0.1) is 0 Å². The third-order valence-electron chi connectivity index (χ3n) is 4.76. The molecule has 2 heterocycles. The van der Waals surface area contributed by atoms with Crippen LogP contribution in [0.4, 0.5) is 0 Å². The van der Waals surface area contributed by atoms with Gasteiger partial charge in [0.25, 0.3) is 0 Å². The molecule has 20 heavy (non-hydrogen) atoms. The quantitative estimate of drug-likeness (QED) is 0.919. The fourth-order valence-corrected chi connectivity index (χ4v) is 4.25. The molecule has 3 rings (SSSR count). The zero-order valence-electron chi connectivity index (χ0n) is 12.5. The molecule has 2 nitrogen and oxygen atoms in total. The number of rotatable bonds is 4. The van der Waals surface area contributed by atoms with E-state index in [0.29, 0.717) is 5.54 Å². The largest absolute Gasteiger partial charge is 0.309 e. The highest BCUT2D eigenvalue weighted by atomic mass is 32.1. The Labute approximate surface area is 125 Å². The predicted octanol–water partition coefficient (Wildman–Crippen LogP) is 3.87. The summed E-state index contributed by atoms with van der Waals surface area (Å²) in [5.41, 5.74) is 1.82. The average molecular weight is 288 g/mol. The van der Waals surface area contributed by atoms with Crippen LogP contribution in [-0.4, -0.2) is 30.1 Å². The number of hydrogen-bond donors (Lipinski definition) is 1. The van der Waals surface area contributed by atoms with Crippen molar-refractivity contribution in [2.45, 2.75) is 38.8 Å². The van der Waals surface area contributed by atoms with Gasteiger partial charge in [-0.1, -0.05) is 32.0 Å². The SMILES string of the molecule is CCC1(CC)CN(Cc2csc3ccccc23)CCN1. The van der Waals surface area contributed by atoms with Gasteiger partial charge in [-0.25, -0.2) is 0 Å². The molecule has 1 saturated heterocycles. The van der Waals surface area contributed by atoms with Crippen LogP contribution < -0.4 is 5.32 Å². The maximum absolute atomic E-state index is 3.74. The van der Waals surface area contributed by atoms with E-state index in [2.05, 4.69) is 53.7 Å². The second-order valence-electron chi connectivity index (χ2n) is 5.88. The van der Waals surface area contributed by atoms with Crippen molar-refractivity contribution >= 4 is 21.4 Å². The standard InChI is InChI=1S/C17H24N2S/c1-3-17(4-2)13-19(10-9-18-17)11-14-12-20-16-8-6-5-7-15(14)16/h5-8,12,18H,3-4,9-11,13H2,1-2H3. The van der Waals surface area contributed by atoms with E-state index in [1.807, 2.05) is 11.3 Å². The van der Waals surface area contributed by atoms with Crippen molar-refractivity contribution in [3.63, 3.8) is 0 Å². The van der Waals surface area contributed by atoms with Gasteiger partial charge in [-0.3, -0.25) is 4.90 Å². The Kier molecular flexibility index (Phi) is 4.11. The summed E-state index contributed by atoms with van der Waals surface area (Å²) in [5, 5.41) is 7.52. The van der Waals surface area contributed by atoms with Crippen molar-refractivity contribution in [2.24, 2.45) is 0 Å². The summed E-state index contributed by atoms with van der Waals surface area (Å²) in [7, 11) is 0. The molecule has 0 unspecified atom stereocenters. The minimum absolute atomic E-state index is 0.323. The zero-order valence-corrected chi connectivity index (χ0v) is 13.3. The van der Waals surface area contributed by atoms with Crippen molar-refractivity contribution in [3.8, 4) is 0 Å². The van der Waals surface area contributed by atoms with E-state index in [1.54, 1.807) is 0 Å². The van der Waals surface area contributed by atoms with E-state index < -0.39 is 0 Å². The average Bonchev–Trinajstić information content (AvgIpc) is 2.91. The van der Waals surface area contributed by atoms with E-state index in [1.165, 1.54) is 35.0 Å². The highest BCUT2D eigenvalue weighted by molar-refractivity contribution is 7.17. The number of nitrogens with one attached hydrogen (secondary N) is 1. The van der Waals surface area contributed by atoms with E-state index in [4.69, 9.17) is 0 Å². The van der Waals surface area contributed by atoms with Gasteiger partial charge in [0.1, 0.15) is 0 Å². The van der Waals surface area contributed by atoms with Crippen LogP contribution >= 0.6 is 11.3 Å². The summed E-state index contributed by atoms with van der Waals surface area (Å²) in [6, 6.07) is 8.77. The molecular formula is C17H24N2S. The van der Waals surface area contributed by atoms with Crippen molar-refractivity contribution in [1.29, 1.82) is 0 Å². The second kappa shape index (κ2) is 5.84. The Morgan fingerprint density at radius 2 is 2.05 bits per heavy atom. The van der Waals surface area contributed by atoms with Crippen molar-refractivity contribution < 1.29 is 0 Å². The molecule has 0 radical (unpaired) electrons. The Hall–Kier alpha value is -0.900. The van der Waals surface area contributed by atoms with Gasteiger partial charge in [0, 0.05) is 36.4 Å². The molecule has 1 aliphatic heterocycles. The first-order valence-corrected chi connectivity index (χ1v) is 8.57. The van der Waals surface area contributed by atoms with E-state index >= 15 is 0 Å². The highest BCUT2D eigenvalue weighted by Gasteiger charge is 2.31. The molecule has 2 aromatic rings. The Morgan fingerprint density at radius 1 is 1.25 bits per heavy atom. The molecule has 0 bridgehead atoms. The number of benzene rings is 1. The smallest absolute Gasteiger partial charge is 0.0346 e. The topological polar surface area (TPSA) is 15.3 Å². The molecule has 0 spiro atoms. The maximum atomic E-state index is 3.74. The minimum Gasteiger partial charge on any atom is -0.309 e. The first-order chi connectivity index (χ1) is 9.76. The lowest BCUT2D eigenvalue weighted by Crippen LogP contribution is -2.59. The highest BCUT2D eigenvalue weighted by Crippen LogP contribution is 2.28. The lowest BCUT2D eigenvalue weighted by atomic mass is 9.90. The number of hydrogen-bond acceptors (Lipinski definition) is 3. The van der Waals surface area contributed by atoms with Gasteiger partial charge in [-0.05, 0) is 35.2 Å². The van der Waals surface area contributed by atoms with Gasteiger partial charge in [0.15, 0.2) is 0 Å². The van der Waals surface area contributed by atoms with Crippen LogP contribution in [0.1, 0.15) is 32.3 Å². The van der Waals surface area contributed by atoms with Gasteiger partial charge in [0.2, 0.25) is 0 Å². The molecule has 3 heteroatoms. The fraction of sp³-hybridized carbons (Fsp3) is 0.529. The van der Waals surface area contributed by atoms with Gasteiger partial charge < -0.3 is 5.32 Å². The van der Waals surface area contributed by atoms with E-state index in [9.17, 15) is 0 Å². The number of piperazine rings is 1. The van der Waals surface area contributed by atoms with Gasteiger partial charge in [0.05, 0.1) is 0 Å². The van der Waals surface area contributed by atoms with Crippen LogP contribution in [0.15, 0.2) is 29.6 Å². The molecule has 1 aliphatic rings. The molecule has 1 aromatic carbocycles. The van der Waals surface area contributed by atoms with Crippen molar-refractivity contribution in [2.75, 3.05) is 19.6 Å². The third-order valence-corrected chi connectivity index (χ3v) is 5.78. The molecule has 1 N–H and O–H groups in total. The zero-order chi connectivity index (χ0) is 14.0. The lowest BCUT2D eigenvalue weighted by Gasteiger charge is -2.43. The summed E-state index contributed by atoms with van der Waals surface area (Å²) in [4.78, 5) is 2.62. The second-order valence-corrected chi connectivity index (χ2v) is 6.79. The Morgan fingerprint density at radius 3 is 2.85 bits per heavy atom. The molecule has 1 fully saturated rings. The lowest BCUT2D eigenvalue weighted by molar-refractivity contribution is 0.118. The minimum atomic E-state index is 0.323. The number of fused-ring (bicyclic) bond motifs is 1. The third kappa shape index (κ3) is 2.62. The maximum Gasteiger partial charge on any atom is 0.0346 e. The molecule has 1 aromatic heterocycles. The predicted molar refractivity (Wildman–Crippen MR) is 88.4 cm³/mol. The van der Waals surface area contributed by atoms with Crippen LogP contribution in [-0.2, 0) is 6.54 Å². The monoisotopic (exact) mass is 288 g/mol. The Balaban J connectivity index is 1.77. The first-order valence-electron chi connectivity index (χ1n) is 7.69. The number of nitrogens with zero attached hydrogens (tertiary/aromatic N) is 1. The molecule has 108 valence electrons. The molecule has 0 amide bonds. The number of thiophene rings is 1. The van der Waals surface area contributed by atoms with Crippen LogP contribution in [0.5, 0.6) is 0 Å². The summed E-state index contributed by atoms with van der Waals surface area (Å²) >= 11 is 1.87. The van der Waals surface area contributed by atoms with Crippen LogP contribution in [0.25, 0.3) is 10.1 Å². The van der Waals surface area contributed by atoms with Gasteiger partial charge in [-0.2, -0.15) is 0 Å². The summed E-state index contributed by atoms with van der Waals surface area (Å²) in [6.07, 6.45) is 2.43. The molecule has 0 saturated carbocycles.